The van der Waals surface area contributed by atoms with Crippen LogP contribution in [0.15, 0.2) is 65.7 Å². The molecule has 0 bridgehead atoms. The van der Waals surface area contributed by atoms with E-state index < -0.39 is 15.9 Å². The van der Waals surface area contributed by atoms with E-state index in [9.17, 15) is 13.2 Å². The molecule has 11 heteroatoms. The number of carbonyl (C=O) groups excluding carboxylic acids is 1. The van der Waals surface area contributed by atoms with Gasteiger partial charge in [-0.2, -0.15) is 0 Å². The molecule has 0 aliphatic heterocycles. The van der Waals surface area contributed by atoms with Gasteiger partial charge in [0, 0.05) is 40.7 Å². The number of nitrogens with zero attached hydrogens (tertiary/aromatic N) is 1. The smallest absolute Gasteiger partial charge is 0.276 e. The lowest BCUT2D eigenvalue weighted by Gasteiger charge is -2.15. The number of aliphatic hydroxyl groups is 1. The van der Waals surface area contributed by atoms with Crippen LogP contribution in [0.25, 0.3) is 0 Å². The van der Waals surface area contributed by atoms with Crippen molar-refractivity contribution in [3.8, 4) is 0 Å². The van der Waals surface area contributed by atoms with Gasteiger partial charge in [-0.25, -0.2) is 18.6 Å². The second-order valence-corrected chi connectivity index (χ2v) is 11.5. The van der Waals surface area contributed by atoms with Crippen molar-refractivity contribution in [1.82, 2.24) is 15.2 Å². The van der Waals surface area contributed by atoms with E-state index in [2.05, 4.69) is 43.1 Å². The summed E-state index contributed by atoms with van der Waals surface area (Å²) in [4.78, 5) is 22.3. The van der Waals surface area contributed by atoms with Crippen LogP contribution >= 0.6 is 22.6 Å². The highest BCUT2D eigenvalue weighted by Crippen LogP contribution is 2.29. The number of aromatic nitrogens is 1. The molecule has 1 saturated carbocycles. The van der Waals surface area contributed by atoms with Crippen LogP contribution in [0.4, 0.5) is 11.4 Å². The van der Waals surface area contributed by atoms with E-state index in [1.807, 2.05) is 24.3 Å². The summed E-state index contributed by atoms with van der Waals surface area (Å²) in [5.74, 6) is 0.0159. The van der Waals surface area contributed by atoms with E-state index >= 15 is 0 Å². The second-order valence-electron chi connectivity index (χ2n) is 8.48. The van der Waals surface area contributed by atoms with Gasteiger partial charge in [0.05, 0.1) is 22.8 Å². The number of hydroxylamine groups is 1. The maximum Gasteiger partial charge on any atom is 0.276 e. The van der Waals surface area contributed by atoms with Gasteiger partial charge in [-0.3, -0.25) is 14.6 Å². The summed E-state index contributed by atoms with van der Waals surface area (Å²) in [6.07, 6.45) is 4.16. The third kappa shape index (κ3) is 7.46. The molecule has 3 aromatic rings. The average molecular weight is 622 g/mol. The molecule has 0 saturated heterocycles. The predicted octanol–water partition coefficient (Wildman–Crippen LogP) is 3.51. The Balaban J connectivity index is 1.54. The lowest BCUT2D eigenvalue weighted by atomic mass is 10.1. The number of aliphatic hydroxyl groups excluding tert-OH is 1. The van der Waals surface area contributed by atoms with Crippen molar-refractivity contribution in [2.45, 2.75) is 30.7 Å². The molecule has 4 rings (SSSR count). The predicted molar refractivity (Wildman–Crippen MR) is 144 cm³/mol. The molecular formula is C25H27IN4O5S. The topological polar surface area (TPSA) is 130 Å². The molecular weight excluding hydrogens is 595 g/mol. The van der Waals surface area contributed by atoms with Crippen LogP contribution in [0.5, 0.6) is 0 Å². The van der Waals surface area contributed by atoms with Crippen LogP contribution < -0.4 is 15.5 Å². The lowest BCUT2D eigenvalue weighted by molar-refractivity contribution is 0.0271. The number of anilines is 2. The van der Waals surface area contributed by atoms with Crippen LogP contribution in [-0.4, -0.2) is 37.6 Å². The molecule has 0 atom stereocenters. The summed E-state index contributed by atoms with van der Waals surface area (Å²) in [5, 5.41) is 12.3. The maximum absolute atomic E-state index is 13.1. The molecule has 1 aliphatic rings. The Morgan fingerprint density at radius 3 is 2.61 bits per heavy atom. The number of hydrogen-bond donors (Lipinski definition) is 4. The van der Waals surface area contributed by atoms with E-state index in [-0.39, 0.29) is 23.6 Å². The van der Waals surface area contributed by atoms with Crippen LogP contribution in [0.1, 0.15) is 34.5 Å². The maximum atomic E-state index is 13.1. The third-order valence-electron chi connectivity index (χ3n) is 5.57. The van der Waals surface area contributed by atoms with Crippen molar-refractivity contribution >= 4 is 49.9 Å². The van der Waals surface area contributed by atoms with Crippen LogP contribution in [0.2, 0.25) is 0 Å². The summed E-state index contributed by atoms with van der Waals surface area (Å²) in [7, 11) is -3.89. The summed E-state index contributed by atoms with van der Waals surface area (Å²) in [5.41, 5.74) is 5.15. The van der Waals surface area contributed by atoms with Crippen molar-refractivity contribution in [3.05, 3.63) is 81.2 Å². The zero-order chi connectivity index (χ0) is 25.5. The number of halogens is 1. The Hall–Kier alpha value is -2.58. The van der Waals surface area contributed by atoms with Gasteiger partial charge < -0.3 is 10.4 Å². The molecule has 36 heavy (non-hydrogen) atoms. The number of benzene rings is 2. The van der Waals surface area contributed by atoms with Crippen molar-refractivity contribution in [3.63, 3.8) is 0 Å². The van der Waals surface area contributed by atoms with Gasteiger partial charge in [0.15, 0.2) is 0 Å². The summed E-state index contributed by atoms with van der Waals surface area (Å²) in [6, 6.07) is 15.2. The number of carbonyl (C=O) groups is 1. The first-order valence-electron chi connectivity index (χ1n) is 11.5. The van der Waals surface area contributed by atoms with Crippen LogP contribution in [0, 0.1) is 9.49 Å². The zero-order valence-corrected chi connectivity index (χ0v) is 22.4. The van der Waals surface area contributed by atoms with E-state index in [1.165, 1.54) is 18.2 Å². The average Bonchev–Trinajstić information content (AvgIpc) is 3.69. The Bertz CT molecular complexity index is 1310. The lowest BCUT2D eigenvalue weighted by Crippen LogP contribution is -2.26. The Morgan fingerprint density at radius 2 is 1.89 bits per heavy atom. The molecule has 0 radical (unpaired) electrons. The minimum Gasteiger partial charge on any atom is -0.396 e. The number of amides is 1. The minimum absolute atomic E-state index is 0.00981. The number of rotatable bonds is 12. The first kappa shape index (κ1) is 26.5. The normalized spacial score (nSPS) is 13.4. The minimum atomic E-state index is -3.89. The Labute approximate surface area is 223 Å². The Kier molecular flexibility index (Phi) is 8.90. The highest BCUT2D eigenvalue weighted by molar-refractivity contribution is 14.1. The van der Waals surface area contributed by atoms with Crippen molar-refractivity contribution in [2.75, 3.05) is 18.5 Å². The second kappa shape index (κ2) is 12.1. The quantitative estimate of drug-likeness (QED) is 0.180. The van der Waals surface area contributed by atoms with E-state index in [4.69, 9.17) is 9.94 Å². The van der Waals surface area contributed by atoms with E-state index in [0.717, 1.165) is 22.0 Å². The summed E-state index contributed by atoms with van der Waals surface area (Å²) >= 11 is 2.19. The standard InChI is InChI=1S/C25H27IN4O5S/c26-19-3-5-20(6-4-19)29-24-14-22(7-8-23(24)25(32)30-35-16-17-1-2-17)36(33,34)28-15-18-9-11-27-21(13-18)10-12-31/h3-9,11,13-14,17,28-29,31H,1-2,10,12,15-16H2,(H,30,32). The van der Waals surface area contributed by atoms with Gasteiger partial charge in [-0.15, -0.1) is 0 Å². The van der Waals surface area contributed by atoms with Gasteiger partial charge >= 0.3 is 0 Å². The fraction of sp³-hybridized carbons (Fsp3) is 0.280. The fourth-order valence-electron chi connectivity index (χ4n) is 3.40. The van der Waals surface area contributed by atoms with E-state index in [1.54, 1.807) is 18.3 Å². The van der Waals surface area contributed by atoms with Gasteiger partial charge in [-0.1, -0.05) is 0 Å². The first-order valence-corrected chi connectivity index (χ1v) is 14.0. The van der Waals surface area contributed by atoms with Gasteiger partial charge in [0.1, 0.15) is 0 Å². The van der Waals surface area contributed by atoms with E-state index in [0.29, 0.717) is 36.0 Å². The summed E-state index contributed by atoms with van der Waals surface area (Å²) < 4.78 is 29.8. The molecule has 1 fully saturated rings. The molecule has 1 amide bonds. The van der Waals surface area contributed by atoms with Gasteiger partial charge in [0.2, 0.25) is 10.0 Å². The molecule has 0 spiro atoms. The van der Waals surface area contributed by atoms with Crippen LogP contribution in [-0.2, 0) is 27.8 Å². The molecule has 1 heterocycles. The molecule has 9 nitrogen and oxygen atoms in total. The highest BCUT2D eigenvalue weighted by Gasteiger charge is 2.23. The molecule has 1 aromatic heterocycles. The molecule has 0 unspecified atom stereocenters. The molecule has 2 aromatic carbocycles. The number of hydrogen-bond acceptors (Lipinski definition) is 7. The molecule has 1 aliphatic carbocycles. The third-order valence-corrected chi connectivity index (χ3v) is 7.68. The van der Waals surface area contributed by atoms with Gasteiger partial charge in [-0.05, 0) is 102 Å². The van der Waals surface area contributed by atoms with Crippen molar-refractivity contribution in [1.29, 1.82) is 0 Å². The van der Waals surface area contributed by atoms with Crippen molar-refractivity contribution < 1.29 is 23.2 Å². The largest absolute Gasteiger partial charge is 0.396 e. The van der Waals surface area contributed by atoms with Crippen LogP contribution in [0.3, 0.4) is 0 Å². The number of nitrogens with one attached hydrogen (secondary N) is 3. The zero-order valence-electron chi connectivity index (χ0n) is 19.4. The summed E-state index contributed by atoms with van der Waals surface area (Å²) in [6.45, 7) is 0.474. The SMILES string of the molecule is O=C(NOCC1CC1)c1ccc(S(=O)(=O)NCc2ccnc(CCO)c2)cc1Nc1ccc(I)cc1. The monoisotopic (exact) mass is 622 g/mol. The van der Waals surface area contributed by atoms with Crippen molar-refractivity contribution in [2.24, 2.45) is 5.92 Å². The molecule has 190 valence electrons. The first-order chi connectivity index (χ1) is 17.3. The number of pyridine rings is 1. The number of sulfonamides is 1. The molecule has 4 N–H and O–H groups in total. The van der Waals surface area contributed by atoms with Gasteiger partial charge in [0.25, 0.3) is 5.91 Å². The Morgan fingerprint density at radius 1 is 1.11 bits per heavy atom. The fourth-order valence-corrected chi connectivity index (χ4v) is 4.80. The highest BCUT2D eigenvalue weighted by atomic mass is 127.